The maximum Gasteiger partial charge on any atom is 0.192 e. The quantitative estimate of drug-likeness (QED) is 0.795. The van der Waals surface area contributed by atoms with E-state index in [4.69, 9.17) is 9.15 Å². The molecule has 4 rings (SSSR count). The molecule has 0 spiro atoms. The van der Waals surface area contributed by atoms with Gasteiger partial charge in [-0.3, -0.25) is 0 Å². The molecule has 0 aliphatic carbocycles. The second kappa shape index (κ2) is 4.81. The van der Waals surface area contributed by atoms with E-state index in [2.05, 4.69) is 28.5 Å². The molecule has 0 saturated heterocycles. The molecule has 21 heavy (non-hydrogen) atoms. The van der Waals surface area contributed by atoms with Crippen molar-refractivity contribution >= 4 is 16.8 Å². The van der Waals surface area contributed by atoms with Crippen molar-refractivity contribution in [1.82, 2.24) is 4.98 Å². The van der Waals surface area contributed by atoms with Crippen LogP contribution in [0.5, 0.6) is 5.75 Å². The summed E-state index contributed by atoms with van der Waals surface area (Å²) in [5, 5.41) is 3.43. The maximum absolute atomic E-state index is 5.53. The Hall–Kier alpha value is -2.49. The van der Waals surface area contributed by atoms with Gasteiger partial charge in [0.2, 0.25) is 0 Å². The molecule has 1 aliphatic heterocycles. The molecular formula is C17H16N2O2. The number of rotatable bonds is 3. The van der Waals surface area contributed by atoms with Crippen LogP contribution in [-0.4, -0.2) is 11.6 Å². The van der Waals surface area contributed by atoms with Crippen molar-refractivity contribution in [3.05, 3.63) is 53.4 Å². The first-order valence-electron chi connectivity index (χ1n) is 7.13. The number of anilines is 1. The summed E-state index contributed by atoms with van der Waals surface area (Å²) in [6.07, 6.45) is 1.01. The number of fused-ring (bicyclic) bond motifs is 2. The zero-order valence-corrected chi connectivity index (χ0v) is 11.8. The zero-order valence-electron chi connectivity index (χ0n) is 11.8. The fraction of sp³-hybridized carbons (Fsp3) is 0.235. The van der Waals surface area contributed by atoms with Crippen molar-refractivity contribution in [3.8, 4) is 5.75 Å². The van der Waals surface area contributed by atoms with Crippen molar-refractivity contribution in [2.75, 3.05) is 11.9 Å². The van der Waals surface area contributed by atoms with Gasteiger partial charge in [-0.25, -0.2) is 4.98 Å². The van der Waals surface area contributed by atoms with Crippen LogP contribution < -0.4 is 10.1 Å². The molecule has 4 nitrogen and oxygen atoms in total. The summed E-state index contributed by atoms with van der Waals surface area (Å²) in [6, 6.07) is 12.4. The number of hydrogen-bond acceptors (Lipinski definition) is 4. The number of oxazole rings is 1. The number of nitrogens with zero attached hydrogens (tertiary/aromatic N) is 1. The van der Waals surface area contributed by atoms with Crippen LogP contribution in [0.1, 0.15) is 17.0 Å². The average Bonchev–Trinajstić information content (AvgIpc) is 3.08. The van der Waals surface area contributed by atoms with Gasteiger partial charge in [0, 0.05) is 25.6 Å². The van der Waals surface area contributed by atoms with Gasteiger partial charge in [0.1, 0.15) is 11.3 Å². The minimum absolute atomic E-state index is 0.695. The molecule has 0 amide bonds. The van der Waals surface area contributed by atoms with E-state index in [1.54, 1.807) is 0 Å². The third-order valence-electron chi connectivity index (χ3n) is 3.75. The smallest absolute Gasteiger partial charge is 0.192 e. The first-order valence-corrected chi connectivity index (χ1v) is 7.13. The predicted octanol–water partition coefficient (Wildman–Crippen LogP) is 3.68. The molecule has 0 radical (unpaired) electrons. The molecule has 106 valence electrons. The van der Waals surface area contributed by atoms with Crippen LogP contribution >= 0.6 is 0 Å². The normalized spacial score (nSPS) is 13.2. The van der Waals surface area contributed by atoms with Crippen LogP contribution in [0.15, 0.2) is 40.8 Å². The number of aromatic nitrogens is 1. The van der Waals surface area contributed by atoms with Crippen molar-refractivity contribution in [2.45, 2.75) is 19.9 Å². The van der Waals surface area contributed by atoms with Gasteiger partial charge in [-0.15, -0.1) is 0 Å². The van der Waals surface area contributed by atoms with Crippen molar-refractivity contribution in [2.24, 2.45) is 0 Å². The van der Waals surface area contributed by atoms with Gasteiger partial charge in [0.15, 0.2) is 11.5 Å². The molecule has 0 bridgehead atoms. The zero-order chi connectivity index (χ0) is 14.2. The Morgan fingerprint density at radius 1 is 1.19 bits per heavy atom. The highest BCUT2D eigenvalue weighted by Gasteiger charge is 2.11. The molecule has 0 fully saturated rings. The molecular weight excluding hydrogens is 264 g/mol. The van der Waals surface area contributed by atoms with E-state index in [0.717, 1.165) is 42.1 Å². The molecule has 1 aromatic heterocycles. The minimum Gasteiger partial charge on any atom is -0.493 e. The summed E-state index contributed by atoms with van der Waals surface area (Å²) in [4.78, 5) is 4.35. The second-order valence-electron chi connectivity index (χ2n) is 5.31. The number of hydrogen-bond donors (Lipinski definition) is 1. The van der Waals surface area contributed by atoms with Gasteiger partial charge in [-0.05, 0) is 35.4 Å². The van der Waals surface area contributed by atoms with Gasteiger partial charge in [-0.1, -0.05) is 12.1 Å². The van der Waals surface area contributed by atoms with Gasteiger partial charge < -0.3 is 14.5 Å². The summed E-state index contributed by atoms with van der Waals surface area (Å²) in [7, 11) is 0. The first-order chi connectivity index (χ1) is 10.3. The minimum atomic E-state index is 0.695. The third kappa shape index (κ3) is 2.33. The number of aryl methyl sites for hydroxylation is 1. The van der Waals surface area contributed by atoms with E-state index in [1.165, 1.54) is 11.1 Å². The van der Waals surface area contributed by atoms with Crippen LogP contribution in [0.25, 0.3) is 11.1 Å². The molecule has 0 unspecified atom stereocenters. The molecule has 2 heterocycles. The fourth-order valence-electron chi connectivity index (χ4n) is 2.71. The SMILES string of the molecule is Cc1nc2cc(NCc3ccc4c(c3)CCO4)ccc2o1. The fourth-order valence-corrected chi connectivity index (χ4v) is 2.71. The lowest BCUT2D eigenvalue weighted by Gasteiger charge is -2.07. The Bertz CT molecular complexity index is 808. The van der Waals surface area contributed by atoms with Crippen molar-refractivity contribution in [1.29, 1.82) is 0 Å². The van der Waals surface area contributed by atoms with Gasteiger partial charge >= 0.3 is 0 Å². The summed E-state index contributed by atoms with van der Waals surface area (Å²) < 4.78 is 11.0. The Balaban J connectivity index is 1.52. The summed E-state index contributed by atoms with van der Waals surface area (Å²) in [6.45, 7) is 3.45. The van der Waals surface area contributed by atoms with Crippen LogP contribution in [0.3, 0.4) is 0 Å². The highest BCUT2D eigenvalue weighted by molar-refractivity contribution is 5.77. The lowest BCUT2D eigenvalue weighted by molar-refractivity contribution is 0.357. The largest absolute Gasteiger partial charge is 0.493 e. The lowest BCUT2D eigenvalue weighted by Crippen LogP contribution is -1.99. The number of benzene rings is 2. The standard InChI is InChI=1S/C17H16N2O2/c1-11-19-15-9-14(3-5-17(15)21-11)18-10-12-2-4-16-13(8-12)6-7-20-16/h2-5,8-9,18H,6-7,10H2,1H3. The van der Waals surface area contributed by atoms with E-state index in [0.29, 0.717) is 5.89 Å². The van der Waals surface area contributed by atoms with E-state index in [-0.39, 0.29) is 0 Å². The van der Waals surface area contributed by atoms with Crippen LogP contribution in [-0.2, 0) is 13.0 Å². The topological polar surface area (TPSA) is 47.3 Å². The molecule has 0 atom stereocenters. The predicted molar refractivity (Wildman–Crippen MR) is 81.7 cm³/mol. The van der Waals surface area contributed by atoms with Gasteiger partial charge in [0.25, 0.3) is 0 Å². The third-order valence-corrected chi connectivity index (χ3v) is 3.75. The van der Waals surface area contributed by atoms with Gasteiger partial charge in [0.05, 0.1) is 6.61 Å². The molecule has 3 aromatic rings. The monoisotopic (exact) mass is 280 g/mol. The van der Waals surface area contributed by atoms with E-state index < -0.39 is 0 Å². The molecule has 1 N–H and O–H groups in total. The van der Waals surface area contributed by atoms with Crippen LogP contribution in [0, 0.1) is 6.92 Å². The van der Waals surface area contributed by atoms with Gasteiger partial charge in [-0.2, -0.15) is 0 Å². The summed E-state index contributed by atoms with van der Waals surface area (Å²) >= 11 is 0. The molecule has 4 heteroatoms. The average molecular weight is 280 g/mol. The van der Waals surface area contributed by atoms with Crippen LogP contribution in [0.2, 0.25) is 0 Å². The summed E-state index contributed by atoms with van der Waals surface area (Å²) in [5.41, 5.74) is 5.33. The van der Waals surface area contributed by atoms with E-state index >= 15 is 0 Å². The van der Waals surface area contributed by atoms with E-state index in [9.17, 15) is 0 Å². The maximum atomic E-state index is 5.53. The Kier molecular flexibility index (Phi) is 2.81. The summed E-state index contributed by atoms with van der Waals surface area (Å²) in [5.74, 6) is 1.72. The number of ether oxygens (including phenoxy) is 1. The molecule has 1 aliphatic rings. The Morgan fingerprint density at radius 3 is 3.10 bits per heavy atom. The first kappa shape index (κ1) is 12.3. The highest BCUT2D eigenvalue weighted by Crippen LogP contribution is 2.26. The second-order valence-corrected chi connectivity index (χ2v) is 5.31. The Labute approximate surface area is 122 Å². The van der Waals surface area contributed by atoms with Crippen molar-refractivity contribution in [3.63, 3.8) is 0 Å². The lowest BCUT2D eigenvalue weighted by atomic mass is 10.1. The molecule has 2 aromatic carbocycles. The van der Waals surface area contributed by atoms with E-state index in [1.807, 2.05) is 25.1 Å². The molecule has 0 saturated carbocycles. The van der Waals surface area contributed by atoms with Crippen molar-refractivity contribution < 1.29 is 9.15 Å². The van der Waals surface area contributed by atoms with Crippen LogP contribution in [0.4, 0.5) is 5.69 Å². The number of nitrogens with one attached hydrogen (secondary N) is 1. The Morgan fingerprint density at radius 2 is 2.14 bits per heavy atom. The highest BCUT2D eigenvalue weighted by atomic mass is 16.5.